The van der Waals surface area contributed by atoms with Crippen molar-refractivity contribution in [3.8, 4) is 0 Å². The van der Waals surface area contributed by atoms with Crippen molar-refractivity contribution in [2.24, 2.45) is 0 Å². The molecule has 3 rings (SSSR count). The van der Waals surface area contributed by atoms with E-state index in [9.17, 15) is 9.59 Å². The molecule has 8 heteroatoms. The van der Waals surface area contributed by atoms with Gasteiger partial charge in [0.1, 0.15) is 0 Å². The minimum atomic E-state index is -0.197. The first-order chi connectivity index (χ1) is 13.0. The number of benzene rings is 2. The van der Waals surface area contributed by atoms with E-state index in [1.807, 2.05) is 29.6 Å². The highest BCUT2D eigenvalue weighted by molar-refractivity contribution is 8.00. The van der Waals surface area contributed by atoms with E-state index in [2.05, 4.69) is 10.6 Å². The van der Waals surface area contributed by atoms with Crippen LogP contribution < -0.4 is 10.6 Å². The van der Waals surface area contributed by atoms with Gasteiger partial charge < -0.3 is 10.6 Å². The van der Waals surface area contributed by atoms with Gasteiger partial charge in [0.05, 0.1) is 26.4 Å². The van der Waals surface area contributed by atoms with E-state index in [1.54, 1.807) is 30.3 Å². The van der Waals surface area contributed by atoms with Crippen molar-refractivity contribution in [2.75, 3.05) is 16.4 Å². The number of amides is 2. The number of anilines is 2. The molecule has 0 aliphatic heterocycles. The van der Waals surface area contributed by atoms with Gasteiger partial charge in [-0.05, 0) is 41.8 Å². The summed E-state index contributed by atoms with van der Waals surface area (Å²) < 4.78 is 0. The molecule has 1 aromatic heterocycles. The maximum absolute atomic E-state index is 12.2. The van der Waals surface area contributed by atoms with E-state index in [1.165, 1.54) is 23.1 Å². The molecule has 0 fully saturated rings. The molecule has 0 spiro atoms. The summed E-state index contributed by atoms with van der Waals surface area (Å²) in [7, 11) is 0. The van der Waals surface area contributed by atoms with Gasteiger partial charge in [-0.15, -0.1) is 23.1 Å². The first-order valence-electron chi connectivity index (χ1n) is 7.84. The van der Waals surface area contributed by atoms with E-state index in [4.69, 9.17) is 23.2 Å². The lowest BCUT2D eigenvalue weighted by Crippen LogP contribution is -2.14. The van der Waals surface area contributed by atoms with Crippen molar-refractivity contribution < 1.29 is 9.59 Å². The second-order valence-electron chi connectivity index (χ2n) is 5.40. The Labute approximate surface area is 174 Å². The third kappa shape index (κ3) is 5.49. The van der Waals surface area contributed by atoms with Gasteiger partial charge >= 0.3 is 0 Å². The van der Waals surface area contributed by atoms with E-state index in [0.29, 0.717) is 26.3 Å². The molecule has 0 unspecified atom stereocenters. The lowest BCUT2D eigenvalue weighted by atomic mass is 10.3. The zero-order valence-electron chi connectivity index (χ0n) is 13.9. The molecule has 0 bridgehead atoms. The average Bonchev–Trinajstić information content (AvgIpc) is 3.19. The van der Waals surface area contributed by atoms with Gasteiger partial charge in [0, 0.05) is 10.6 Å². The Morgan fingerprint density at radius 1 is 1.00 bits per heavy atom. The molecule has 27 heavy (non-hydrogen) atoms. The normalized spacial score (nSPS) is 10.4. The third-order valence-electron chi connectivity index (χ3n) is 3.43. The summed E-state index contributed by atoms with van der Waals surface area (Å²) in [5.74, 6) is -0.150. The summed E-state index contributed by atoms with van der Waals surface area (Å²) in [5, 5.41) is 8.15. The van der Waals surface area contributed by atoms with Crippen LogP contribution in [0.15, 0.2) is 64.9 Å². The van der Waals surface area contributed by atoms with Gasteiger partial charge in [0.25, 0.3) is 5.91 Å². The van der Waals surface area contributed by atoms with Crippen LogP contribution in [0.2, 0.25) is 10.0 Å². The van der Waals surface area contributed by atoms with Crippen LogP contribution in [0.1, 0.15) is 9.67 Å². The van der Waals surface area contributed by atoms with Crippen LogP contribution in [0.5, 0.6) is 0 Å². The molecule has 4 nitrogen and oxygen atoms in total. The van der Waals surface area contributed by atoms with Gasteiger partial charge in [-0.1, -0.05) is 41.4 Å². The number of hydrogen-bond donors (Lipinski definition) is 2. The number of halogens is 2. The largest absolute Gasteiger partial charge is 0.324 e. The molecular weight excluding hydrogens is 423 g/mol. The lowest BCUT2D eigenvalue weighted by Gasteiger charge is -2.09. The monoisotopic (exact) mass is 436 g/mol. The van der Waals surface area contributed by atoms with Gasteiger partial charge in [0.2, 0.25) is 5.91 Å². The van der Waals surface area contributed by atoms with Crippen LogP contribution >= 0.6 is 46.3 Å². The summed E-state index contributed by atoms with van der Waals surface area (Å²) in [6, 6.07) is 16.0. The number of nitrogens with one attached hydrogen (secondary N) is 2. The number of carbonyl (C=O) groups excluding carboxylic acids is 2. The molecule has 138 valence electrons. The molecule has 0 aliphatic carbocycles. The Morgan fingerprint density at radius 2 is 1.81 bits per heavy atom. The van der Waals surface area contributed by atoms with Crippen molar-refractivity contribution in [1.82, 2.24) is 0 Å². The number of rotatable bonds is 6. The van der Waals surface area contributed by atoms with E-state index >= 15 is 0 Å². The Bertz CT molecular complexity index is 962. The molecule has 0 aliphatic rings. The SMILES string of the molecule is O=C(CSc1cccc(NC(=O)c2cccs2)c1)Nc1cccc(Cl)c1Cl. The maximum atomic E-state index is 12.2. The Kier molecular flexibility index (Phi) is 6.79. The Balaban J connectivity index is 1.57. The molecule has 0 radical (unpaired) electrons. The molecular formula is C19H14Cl2N2O2S2. The quantitative estimate of drug-likeness (QED) is 0.463. The van der Waals surface area contributed by atoms with Crippen LogP contribution in [-0.2, 0) is 4.79 Å². The fraction of sp³-hybridized carbons (Fsp3) is 0.0526. The van der Waals surface area contributed by atoms with Crippen LogP contribution in [0.4, 0.5) is 11.4 Å². The molecule has 1 heterocycles. The lowest BCUT2D eigenvalue weighted by molar-refractivity contribution is -0.113. The number of hydrogen-bond acceptors (Lipinski definition) is 4. The zero-order chi connectivity index (χ0) is 19.2. The Morgan fingerprint density at radius 3 is 2.59 bits per heavy atom. The van der Waals surface area contributed by atoms with E-state index in [-0.39, 0.29) is 17.6 Å². The summed E-state index contributed by atoms with van der Waals surface area (Å²) in [6.45, 7) is 0. The van der Waals surface area contributed by atoms with E-state index < -0.39 is 0 Å². The van der Waals surface area contributed by atoms with Crippen LogP contribution in [0.25, 0.3) is 0 Å². The van der Waals surface area contributed by atoms with Gasteiger partial charge in [-0.2, -0.15) is 0 Å². The van der Waals surface area contributed by atoms with Crippen molar-refractivity contribution in [2.45, 2.75) is 4.90 Å². The minimum Gasteiger partial charge on any atom is -0.324 e. The second kappa shape index (κ2) is 9.28. The highest BCUT2D eigenvalue weighted by atomic mass is 35.5. The standard InChI is InChI=1S/C19H14Cl2N2O2S2/c20-14-6-2-7-15(18(14)21)23-17(24)11-27-13-5-1-4-12(10-13)22-19(25)16-8-3-9-26-16/h1-10H,11H2,(H,22,25)(H,23,24). The number of thiophene rings is 1. The summed E-state index contributed by atoms with van der Waals surface area (Å²) >= 11 is 14.8. The number of thioether (sulfide) groups is 1. The molecule has 0 atom stereocenters. The molecule has 2 aromatic carbocycles. The second-order valence-corrected chi connectivity index (χ2v) is 8.18. The smallest absolute Gasteiger partial charge is 0.265 e. The van der Waals surface area contributed by atoms with Crippen LogP contribution in [0.3, 0.4) is 0 Å². The fourth-order valence-electron chi connectivity index (χ4n) is 2.20. The van der Waals surface area contributed by atoms with Crippen LogP contribution in [0, 0.1) is 0 Å². The minimum absolute atomic E-state index is 0.152. The predicted molar refractivity (Wildman–Crippen MR) is 115 cm³/mol. The van der Waals surface area contributed by atoms with Gasteiger partial charge in [0.15, 0.2) is 0 Å². The first kappa shape index (κ1) is 19.8. The van der Waals surface area contributed by atoms with Crippen LogP contribution in [-0.4, -0.2) is 17.6 Å². The molecule has 2 amide bonds. The average molecular weight is 437 g/mol. The van der Waals surface area contributed by atoms with Crippen molar-refractivity contribution in [3.63, 3.8) is 0 Å². The Hall–Kier alpha value is -1.99. The topological polar surface area (TPSA) is 58.2 Å². The molecule has 3 aromatic rings. The van der Waals surface area contributed by atoms with E-state index in [0.717, 1.165) is 4.90 Å². The highest BCUT2D eigenvalue weighted by Gasteiger charge is 2.10. The fourth-order valence-corrected chi connectivity index (χ4v) is 3.92. The predicted octanol–water partition coefficient (Wildman–Crippen LogP) is 6.04. The summed E-state index contributed by atoms with van der Waals surface area (Å²) in [5.41, 5.74) is 1.16. The van der Waals surface area contributed by atoms with Crippen molar-refractivity contribution in [1.29, 1.82) is 0 Å². The van der Waals surface area contributed by atoms with Crippen molar-refractivity contribution in [3.05, 3.63) is 74.9 Å². The molecule has 2 N–H and O–H groups in total. The highest BCUT2D eigenvalue weighted by Crippen LogP contribution is 2.30. The first-order valence-corrected chi connectivity index (χ1v) is 10.5. The maximum Gasteiger partial charge on any atom is 0.265 e. The summed E-state index contributed by atoms with van der Waals surface area (Å²) in [6.07, 6.45) is 0. The summed E-state index contributed by atoms with van der Waals surface area (Å²) in [4.78, 5) is 25.8. The third-order valence-corrected chi connectivity index (χ3v) is 6.11. The van der Waals surface area contributed by atoms with Gasteiger partial charge in [-0.25, -0.2) is 0 Å². The number of carbonyl (C=O) groups is 2. The zero-order valence-corrected chi connectivity index (χ0v) is 17.0. The van der Waals surface area contributed by atoms with Crippen molar-refractivity contribution >= 4 is 69.5 Å². The van der Waals surface area contributed by atoms with Gasteiger partial charge in [-0.3, -0.25) is 9.59 Å². The molecule has 0 saturated heterocycles. The molecule has 0 saturated carbocycles.